The minimum Gasteiger partial charge on any atom is -0.352 e. The summed E-state index contributed by atoms with van der Waals surface area (Å²) in [6, 6.07) is 8.60. The van der Waals surface area contributed by atoms with Gasteiger partial charge >= 0.3 is 0 Å². The van der Waals surface area contributed by atoms with Crippen LogP contribution >= 0.6 is 0 Å². The second-order valence-electron chi connectivity index (χ2n) is 4.29. The Morgan fingerprint density at radius 1 is 1.31 bits per heavy atom. The molecule has 3 rings (SSSR count). The zero-order valence-electron chi connectivity index (χ0n) is 9.16. The fourth-order valence-electron chi connectivity index (χ4n) is 2.19. The lowest BCUT2D eigenvalue weighted by molar-refractivity contribution is 0.478. The van der Waals surface area contributed by atoms with Gasteiger partial charge in [-0.25, -0.2) is 4.98 Å². The first-order valence-corrected chi connectivity index (χ1v) is 5.84. The number of fused-ring (bicyclic) bond motifs is 1. The number of hydrogen-bond acceptors (Lipinski definition) is 3. The number of hydrogen-bond donors (Lipinski definition) is 3. The van der Waals surface area contributed by atoms with Crippen molar-refractivity contribution in [1.82, 2.24) is 15.3 Å². The number of benzene rings is 1. The third-order valence-corrected chi connectivity index (χ3v) is 3.03. The summed E-state index contributed by atoms with van der Waals surface area (Å²) in [6.07, 6.45) is 2.45. The lowest BCUT2D eigenvalue weighted by atomic mass is 10.1. The molecule has 1 aliphatic rings. The Bertz CT molecular complexity index is 438. The Morgan fingerprint density at radius 2 is 2.25 bits per heavy atom. The molecule has 1 aromatic carbocycles. The van der Waals surface area contributed by atoms with Crippen LogP contribution in [0.3, 0.4) is 0 Å². The van der Waals surface area contributed by atoms with E-state index < -0.39 is 0 Å². The number of nitrogens with one attached hydrogen (secondary N) is 3. The van der Waals surface area contributed by atoms with Crippen LogP contribution in [0.2, 0.25) is 0 Å². The second-order valence-corrected chi connectivity index (χ2v) is 4.29. The van der Waals surface area contributed by atoms with Crippen LogP contribution in [0.4, 0.5) is 5.95 Å². The molecule has 0 bridgehead atoms. The van der Waals surface area contributed by atoms with Crippen molar-refractivity contribution in [3.63, 3.8) is 0 Å². The molecule has 2 aromatic rings. The van der Waals surface area contributed by atoms with E-state index in [9.17, 15) is 0 Å². The van der Waals surface area contributed by atoms with E-state index in [4.69, 9.17) is 0 Å². The molecule has 1 aromatic heterocycles. The molecule has 16 heavy (non-hydrogen) atoms. The van der Waals surface area contributed by atoms with E-state index in [2.05, 4.69) is 20.6 Å². The van der Waals surface area contributed by atoms with Crippen LogP contribution in [0.1, 0.15) is 12.8 Å². The van der Waals surface area contributed by atoms with Gasteiger partial charge < -0.3 is 15.6 Å². The van der Waals surface area contributed by atoms with Crippen molar-refractivity contribution in [3.05, 3.63) is 24.3 Å². The van der Waals surface area contributed by atoms with E-state index in [1.165, 1.54) is 12.8 Å². The van der Waals surface area contributed by atoms with Gasteiger partial charge in [0.1, 0.15) is 0 Å². The van der Waals surface area contributed by atoms with Gasteiger partial charge in [0.2, 0.25) is 5.95 Å². The molecule has 2 heterocycles. The first kappa shape index (κ1) is 9.66. The third-order valence-electron chi connectivity index (χ3n) is 3.03. The molecule has 1 saturated heterocycles. The van der Waals surface area contributed by atoms with Gasteiger partial charge in [-0.05, 0) is 31.5 Å². The fourth-order valence-corrected chi connectivity index (χ4v) is 2.19. The number of H-pyrrole nitrogens is 1. The first-order valence-electron chi connectivity index (χ1n) is 5.84. The molecule has 0 spiro atoms. The summed E-state index contributed by atoms with van der Waals surface area (Å²) >= 11 is 0. The van der Waals surface area contributed by atoms with Crippen molar-refractivity contribution in [2.45, 2.75) is 18.9 Å². The summed E-state index contributed by atoms with van der Waals surface area (Å²) in [7, 11) is 0. The number of aromatic amines is 1. The molecular formula is C12H16N4. The van der Waals surface area contributed by atoms with Crippen molar-refractivity contribution < 1.29 is 0 Å². The maximum atomic E-state index is 4.51. The number of para-hydroxylation sites is 2. The molecule has 3 N–H and O–H groups in total. The molecule has 0 radical (unpaired) electrons. The molecule has 1 atom stereocenters. The average Bonchev–Trinajstić information content (AvgIpc) is 2.72. The summed E-state index contributed by atoms with van der Waals surface area (Å²) in [5, 5.41) is 6.83. The third kappa shape index (κ3) is 1.88. The highest BCUT2D eigenvalue weighted by molar-refractivity contribution is 5.77. The van der Waals surface area contributed by atoms with Gasteiger partial charge in [0.15, 0.2) is 0 Å². The summed E-state index contributed by atoms with van der Waals surface area (Å²) in [5.41, 5.74) is 2.11. The molecule has 0 amide bonds. The predicted molar refractivity (Wildman–Crippen MR) is 65.6 cm³/mol. The lowest BCUT2D eigenvalue weighted by Crippen LogP contribution is -2.38. The molecule has 1 fully saturated rings. The largest absolute Gasteiger partial charge is 0.352 e. The lowest BCUT2D eigenvalue weighted by Gasteiger charge is -2.23. The Hall–Kier alpha value is -1.55. The molecule has 84 valence electrons. The smallest absolute Gasteiger partial charge is 0.201 e. The monoisotopic (exact) mass is 216 g/mol. The van der Waals surface area contributed by atoms with Crippen molar-refractivity contribution >= 4 is 17.0 Å². The standard InChI is InChI=1S/C12H16N4/c1-2-6-11-10(5-1)15-12(16-11)14-9-4-3-7-13-8-9/h1-2,5-6,9,13H,3-4,7-8H2,(H2,14,15,16). The topological polar surface area (TPSA) is 52.7 Å². The van der Waals surface area contributed by atoms with Crippen molar-refractivity contribution in [3.8, 4) is 0 Å². The van der Waals surface area contributed by atoms with Crippen LogP contribution in [0.15, 0.2) is 24.3 Å². The zero-order chi connectivity index (χ0) is 10.8. The first-order chi connectivity index (χ1) is 7.92. The highest BCUT2D eigenvalue weighted by atomic mass is 15.1. The van der Waals surface area contributed by atoms with E-state index in [0.717, 1.165) is 30.1 Å². The Morgan fingerprint density at radius 3 is 3.06 bits per heavy atom. The number of aromatic nitrogens is 2. The molecule has 1 aliphatic heterocycles. The quantitative estimate of drug-likeness (QED) is 0.716. The predicted octanol–water partition coefficient (Wildman–Crippen LogP) is 1.73. The Labute approximate surface area is 94.5 Å². The molecule has 4 nitrogen and oxygen atoms in total. The molecular weight excluding hydrogens is 200 g/mol. The van der Waals surface area contributed by atoms with E-state index >= 15 is 0 Å². The highest BCUT2D eigenvalue weighted by Gasteiger charge is 2.13. The van der Waals surface area contributed by atoms with Gasteiger partial charge in [0.25, 0.3) is 0 Å². The maximum absolute atomic E-state index is 4.51. The van der Waals surface area contributed by atoms with Crippen molar-refractivity contribution in [2.75, 3.05) is 18.4 Å². The normalized spacial score (nSPS) is 21.1. The van der Waals surface area contributed by atoms with Crippen LogP contribution in [0.25, 0.3) is 11.0 Å². The van der Waals surface area contributed by atoms with Gasteiger partial charge in [0.05, 0.1) is 11.0 Å². The number of nitrogens with zero attached hydrogens (tertiary/aromatic N) is 1. The molecule has 4 heteroatoms. The van der Waals surface area contributed by atoms with Gasteiger partial charge in [-0.1, -0.05) is 12.1 Å². The Kier molecular flexibility index (Phi) is 2.50. The Balaban J connectivity index is 1.78. The summed E-state index contributed by atoms with van der Waals surface area (Å²) < 4.78 is 0. The van der Waals surface area contributed by atoms with Crippen LogP contribution < -0.4 is 10.6 Å². The average molecular weight is 216 g/mol. The van der Waals surface area contributed by atoms with Gasteiger partial charge in [0, 0.05) is 12.6 Å². The minimum absolute atomic E-state index is 0.495. The number of anilines is 1. The van der Waals surface area contributed by atoms with Crippen LogP contribution in [0, 0.1) is 0 Å². The minimum atomic E-state index is 0.495. The fraction of sp³-hybridized carbons (Fsp3) is 0.417. The van der Waals surface area contributed by atoms with Gasteiger partial charge in [-0.3, -0.25) is 0 Å². The van der Waals surface area contributed by atoms with Crippen LogP contribution in [0.5, 0.6) is 0 Å². The zero-order valence-corrected chi connectivity index (χ0v) is 9.16. The van der Waals surface area contributed by atoms with Crippen LogP contribution in [-0.2, 0) is 0 Å². The van der Waals surface area contributed by atoms with Crippen molar-refractivity contribution in [1.29, 1.82) is 0 Å². The molecule has 0 saturated carbocycles. The van der Waals surface area contributed by atoms with Crippen LogP contribution in [-0.4, -0.2) is 29.1 Å². The highest BCUT2D eigenvalue weighted by Crippen LogP contribution is 2.15. The second kappa shape index (κ2) is 4.14. The SMILES string of the molecule is c1ccc2[nH]c(NC3CCCNC3)nc2c1. The van der Waals surface area contributed by atoms with E-state index in [1.54, 1.807) is 0 Å². The number of piperidine rings is 1. The molecule has 0 aliphatic carbocycles. The van der Waals surface area contributed by atoms with Crippen molar-refractivity contribution in [2.24, 2.45) is 0 Å². The number of rotatable bonds is 2. The molecule has 1 unspecified atom stereocenters. The van der Waals surface area contributed by atoms with E-state index in [-0.39, 0.29) is 0 Å². The summed E-state index contributed by atoms with van der Waals surface area (Å²) in [6.45, 7) is 2.16. The number of imidazole rings is 1. The summed E-state index contributed by atoms with van der Waals surface area (Å²) in [5.74, 6) is 0.884. The van der Waals surface area contributed by atoms with Gasteiger partial charge in [-0.15, -0.1) is 0 Å². The van der Waals surface area contributed by atoms with E-state index in [0.29, 0.717) is 6.04 Å². The summed E-state index contributed by atoms with van der Waals surface area (Å²) in [4.78, 5) is 7.81. The van der Waals surface area contributed by atoms with E-state index in [1.807, 2.05) is 24.3 Å². The maximum Gasteiger partial charge on any atom is 0.201 e. The van der Waals surface area contributed by atoms with Gasteiger partial charge in [-0.2, -0.15) is 0 Å².